The molecule has 0 aliphatic heterocycles. The van der Waals surface area contributed by atoms with Gasteiger partial charge in [-0.25, -0.2) is 8.42 Å². The normalized spacial score (nSPS) is 10.9. The van der Waals surface area contributed by atoms with Crippen molar-refractivity contribution in [3.05, 3.63) is 53.6 Å². The maximum absolute atomic E-state index is 12.6. The summed E-state index contributed by atoms with van der Waals surface area (Å²) < 4.78 is 26.5. The first-order valence-corrected chi connectivity index (χ1v) is 7.65. The Hall–Kier alpha value is -2.52. The van der Waals surface area contributed by atoms with E-state index in [1.54, 1.807) is 43.3 Å². The number of nitrogen functional groups attached to an aromatic ring is 1. The summed E-state index contributed by atoms with van der Waals surface area (Å²) >= 11 is 0. The molecule has 6 heteroatoms. The standard InChI is InChI=1S/C15H15N3O2S/c1-11-9-13(17)5-8-15(11)21(19,20)18(2)14-6-3-12(10-16)4-7-14/h3-9H,17H2,1-2H3. The fourth-order valence-electron chi connectivity index (χ4n) is 1.99. The van der Waals surface area contributed by atoms with Crippen molar-refractivity contribution in [3.8, 4) is 6.07 Å². The zero-order valence-electron chi connectivity index (χ0n) is 11.7. The molecule has 0 aliphatic rings. The van der Waals surface area contributed by atoms with Crippen molar-refractivity contribution < 1.29 is 8.42 Å². The van der Waals surface area contributed by atoms with E-state index in [9.17, 15) is 8.42 Å². The lowest BCUT2D eigenvalue weighted by molar-refractivity contribution is 0.594. The molecular weight excluding hydrogens is 286 g/mol. The fourth-order valence-corrected chi connectivity index (χ4v) is 3.39. The third-order valence-corrected chi connectivity index (χ3v) is 5.14. The van der Waals surface area contributed by atoms with Crippen LogP contribution in [0.15, 0.2) is 47.4 Å². The molecule has 21 heavy (non-hydrogen) atoms. The van der Waals surface area contributed by atoms with Crippen LogP contribution < -0.4 is 10.0 Å². The van der Waals surface area contributed by atoms with Gasteiger partial charge in [-0.15, -0.1) is 0 Å². The minimum Gasteiger partial charge on any atom is -0.399 e. The third kappa shape index (κ3) is 2.83. The van der Waals surface area contributed by atoms with Crippen molar-refractivity contribution in [2.45, 2.75) is 11.8 Å². The topological polar surface area (TPSA) is 87.2 Å². The highest BCUT2D eigenvalue weighted by Crippen LogP contribution is 2.25. The SMILES string of the molecule is Cc1cc(N)ccc1S(=O)(=O)N(C)c1ccc(C#N)cc1. The highest BCUT2D eigenvalue weighted by atomic mass is 32.2. The summed E-state index contributed by atoms with van der Waals surface area (Å²) in [5.74, 6) is 0. The number of benzene rings is 2. The minimum absolute atomic E-state index is 0.212. The molecule has 0 heterocycles. The first kappa shape index (κ1) is 14.9. The van der Waals surface area contributed by atoms with E-state index >= 15 is 0 Å². The number of sulfonamides is 1. The Kier molecular flexibility index (Phi) is 3.87. The van der Waals surface area contributed by atoms with Crippen LogP contribution in [-0.4, -0.2) is 15.5 Å². The number of anilines is 2. The molecule has 0 aromatic heterocycles. The first-order chi connectivity index (χ1) is 9.86. The van der Waals surface area contributed by atoms with Gasteiger partial charge in [0.05, 0.1) is 22.2 Å². The average molecular weight is 301 g/mol. The van der Waals surface area contributed by atoms with Crippen molar-refractivity contribution in [3.63, 3.8) is 0 Å². The van der Waals surface area contributed by atoms with Gasteiger partial charge in [0.25, 0.3) is 10.0 Å². The van der Waals surface area contributed by atoms with Gasteiger partial charge in [0.1, 0.15) is 0 Å². The van der Waals surface area contributed by atoms with Crippen LogP contribution in [0.5, 0.6) is 0 Å². The van der Waals surface area contributed by atoms with Crippen molar-refractivity contribution in [1.82, 2.24) is 0 Å². The molecule has 5 nitrogen and oxygen atoms in total. The summed E-state index contributed by atoms with van der Waals surface area (Å²) in [7, 11) is -2.19. The molecular formula is C15H15N3O2S. The van der Waals surface area contributed by atoms with Crippen LogP contribution in [-0.2, 0) is 10.0 Å². The average Bonchev–Trinajstić information content (AvgIpc) is 2.46. The maximum atomic E-state index is 12.6. The van der Waals surface area contributed by atoms with Gasteiger partial charge >= 0.3 is 0 Å². The molecule has 0 saturated heterocycles. The number of nitrogens with two attached hydrogens (primary N) is 1. The molecule has 0 radical (unpaired) electrons. The summed E-state index contributed by atoms with van der Waals surface area (Å²) in [6.45, 7) is 1.70. The summed E-state index contributed by atoms with van der Waals surface area (Å²) in [4.78, 5) is 0.212. The van der Waals surface area contributed by atoms with E-state index in [1.807, 2.05) is 6.07 Å². The minimum atomic E-state index is -3.66. The van der Waals surface area contributed by atoms with Crippen LogP contribution in [0.25, 0.3) is 0 Å². The summed E-state index contributed by atoms with van der Waals surface area (Å²) in [6.07, 6.45) is 0. The monoisotopic (exact) mass is 301 g/mol. The van der Waals surface area contributed by atoms with Gasteiger partial charge in [-0.2, -0.15) is 5.26 Å². The van der Waals surface area contributed by atoms with Crippen molar-refractivity contribution in [2.24, 2.45) is 0 Å². The van der Waals surface area contributed by atoms with Gasteiger partial charge in [-0.1, -0.05) is 0 Å². The van der Waals surface area contributed by atoms with E-state index in [1.165, 1.54) is 17.4 Å². The summed E-state index contributed by atoms with van der Waals surface area (Å²) in [5, 5.41) is 8.77. The van der Waals surface area contributed by atoms with E-state index < -0.39 is 10.0 Å². The second kappa shape index (κ2) is 5.46. The fraction of sp³-hybridized carbons (Fsp3) is 0.133. The Morgan fingerprint density at radius 3 is 2.29 bits per heavy atom. The number of hydrogen-bond donors (Lipinski definition) is 1. The lowest BCUT2D eigenvalue weighted by Gasteiger charge is -2.20. The molecule has 0 atom stereocenters. The van der Waals surface area contributed by atoms with Crippen molar-refractivity contribution >= 4 is 21.4 Å². The van der Waals surface area contributed by atoms with Gasteiger partial charge in [0.15, 0.2) is 0 Å². The third-order valence-electron chi connectivity index (χ3n) is 3.20. The largest absolute Gasteiger partial charge is 0.399 e. The number of nitrogens with zero attached hydrogens (tertiary/aromatic N) is 2. The van der Waals surface area contributed by atoms with Crippen molar-refractivity contribution in [1.29, 1.82) is 5.26 Å². The highest BCUT2D eigenvalue weighted by Gasteiger charge is 2.23. The molecule has 0 fully saturated rings. The van der Waals surface area contributed by atoms with E-state index in [2.05, 4.69) is 0 Å². The molecule has 0 amide bonds. The quantitative estimate of drug-likeness (QED) is 0.881. The van der Waals surface area contributed by atoms with E-state index in [0.29, 0.717) is 22.5 Å². The smallest absolute Gasteiger partial charge is 0.264 e. The van der Waals surface area contributed by atoms with Gasteiger partial charge in [0.2, 0.25) is 0 Å². The van der Waals surface area contributed by atoms with Crippen LogP contribution in [0.1, 0.15) is 11.1 Å². The predicted molar refractivity (Wildman–Crippen MR) is 82.3 cm³/mol. The molecule has 0 saturated carbocycles. The van der Waals surface area contributed by atoms with Crippen LogP contribution >= 0.6 is 0 Å². The number of aryl methyl sites for hydroxylation is 1. The second-order valence-corrected chi connectivity index (χ2v) is 6.59. The predicted octanol–water partition coefficient (Wildman–Crippen LogP) is 2.27. The Morgan fingerprint density at radius 2 is 1.76 bits per heavy atom. The summed E-state index contributed by atoms with van der Waals surface area (Å²) in [6, 6.07) is 13.0. The summed E-state index contributed by atoms with van der Waals surface area (Å²) in [5.41, 5.74) is 7.74. The Bertz CT molecular complexity index is 806. The molecule has 0 unspecified atom stereocenters. The van der Waals surface area contributed by atoms with E-state index in [-0.39, 0.29) is 4.90 Å². The van der Waals surface area contributed by atoms with Gasteiger partial charge in [-0.3, -0.25) is 4.31 Å². The van der Waals surface area contributed by atoms with Crippen LogP contribution in [0.4, 0.5) is 11.4 Å². The van der Waals surface area contributed by atoms with Gasteiger partial charge < -0.3 is 5.73 Å². The van der Waals surface area contributed by atoms with Gasteiger partial charge in [0, 0.05) is 12.7 Å². The second-order valence-electron chi connectivity index (χ2n) is 4.66. The maximum Gasteiger partial charge on any atom is 0.264 e. The molecule has 108 valence electrons. The highest BCUT2D eigenvalue weighted by molar-refractivity contribution is 7.92. The van der Waals surface area contributed by atoms with E-state index in [0.717, 1.165) is 0 Å². The Labute approximate surface area is 124 Å². The molecule has 2 rings (SSSR count). The van der Waals surface area contributed by atoms with Crippen LogP contribution in [0.3, 0.4) is 0 Å². The molecule has 2 N–H and O–H groups in total. The molecule has 2 aromatic rings. The lowest BCUT2D eigenvalue weighted by Crippen LogP contribution is -2.27. The zero-order valence-corrected chi connectivity index (χ0v) is 12.6. The van der Waals surface area contributed by atoms with Gasteiger partial charge in [-0.05, 0) is 55.0 Å². The zero-order chi connectivity index (χ0) is 15.6. The van der Waals surface area contributed by atoms with E-state index in [4.69, 9.17) is 11.0 Å². The van der Waals surface area contributed by atoms with Crippen LogP contribution in [0, 0.1) is 18.3 Å². The van der Waals surface area contributed by atoms with Crippen LogP contribution in [0.2, 0.25) is 0 Å². The Balaban J connectivity index is 2.45. The first-order valence-electron chi connectivity index (χ1n) is 6.21. The number of rotatable bonds is 3. The molecule has 0 bridgehead atoms. The number of hydrogen-bond acceptors (Lipinski definition) is 4. The van der Waals surface area contributed by atoms with Crippen molar-refractivity contribution in [2.75, 3.05) is 17.1 Å². The Morgan fingerprint density at radius 1 is 1.14 bits per heavy atom. The molecule has 2 aromatic carbocycles. The molecule has 0 aliphatic carbocycles. The number of nitriles is 1. The molecule has 0 spiro atoms. The lowest BCUT2D eigenvalue weighted by atomic mass is 10.2.